The molecule has 2 heteroatoms. The molecule has 0 aromatic rings. The Bertz CT molecular complexity index is 135. The second kappa shape index (κ2) is 9.81. The number of rotatable bonds is 1. The van der Waals surface area contributed by atoms with Crippen molar-refractivity contribution < 1.29 is 4.39 Å². The number of allylic oxidation sites excluding steroid dienone is 3. The predicted octanol–water partition coefficient (Wildman–Crippen LogP) is 2.35. The molecule has 0 aromatic carbocycles. The zero-order valence-corrected chi connectivity index (χ0v) is 5.10. The lowest BCUT2D eigenvalue weighted by molar-refractivity contribution is 0.676. The van der Waals surface area contributed by atoms with Gasteiger partial charge >= 0.3 is 0 Å². The summed E-state index contributed by atoms with van der Waals surface area (Å²) in [7, 11) is 0. The monoisotopic (exact) mass is 125 g/mol. The highest BCUT2D eigenvalue weighted by molar-refractivity contribution is 5.04. The van der Waals surface area contributed by atoms with Gasteiger partial charge in [-0.25, -0.2) is 0 Å². The largest absolute Gasteiger partial charge is 0.195 e. The van der Waals surface area contributed by atoms with Crippen LogP contribution in [0, 0.1) is 11.3 Å². The van der Waals surface area contributed by atoms with Crippen LogP contribution in [0.4, 0.5) is 4.39 Å². The van der Waals surface area contributed by atoms with Gasteiger partial charge in [-0.2, -0.15) is 9.65 Å². The van der Waals surface area contributed by atoms with E-state index in [4.69, 9.17) is 5.26 Å². The first kappa shape index (κ1) is 10.6. The van der Waals surface area contributed by atoms with Crippen LogP contribution in [-0.4, -0.2) is 0 Å². The summed E-state index contributed by atoms with van der Waals surface area (Å²) in [5.41, 5.74) is 0. The van der Waals surface area contributed by atoms with Crippen molar-refractivity contribution in [2.75, 3.05) is 0 Å². The Kier molecular flexibility index (Phi) is 11.5. The summed E-state index contributed by atoms with van der Waals surface area (Å²) in [5, 5.41) is 7.42. The summed E-state index contributed by atoms with van der Waals surface area (Å²) in [6.07, 6.45) is 3.28. The Morgan fingerprint density at radius 3 is 1.67 bits per heavy atom. The minimum atomic E-state index is -0.940. The molecular formula is C7H8FN. The molecule has 0 aliphatic heterocycles. The van der Waals surface area contributed by atoms with Crippen molar-refractivity contribution >= 4 is 0 Å². The van der Waals surface area contributed by atoms with Gasteiger partial charge in [0, 0.05) is 0 Å². The Morgan fingerprint density at radius 1 is 1.44 bits per heavy atom. The molecule has 0 saturated heterocycles. The molecule has 0 atom stereocenters. The van der Waals surface area contributed by atoms with E-state index in [0.29, 0.717) is 0 Å². The summed E-state index contributed by atoms with van der Waals surface area (Å²) in [6, 6.07) is 1.17. The van der Waals surface area contributed by atoms with E-state index in [9.17, 15) is 4.39 Å². The van der Waals surface area contributed by atoms with Crippen LogP contribution in [0.15, 0.2) is 37.7 Å². The molecule has 0 aliphatic carbocycles. The third-order valence-corrected chi connectivity index (χ3v) is 0.288. The quantitative estimate of drug-likeness (QED) is 0.390. The molecule has 0 aromatic heterocycles. The maximum Gasteiger partial charge on any atom is 0.192 e. The Morgan fingerprint density at radius 2 is 1.67 bits per heavy atom. The lowest BCUT2D eigenvalue weighted by Crippen LogP contribution is -1.48. The van der Waals surface area contributed by atoms with Crippen LogP contribution in [-0.2, 0) is 0 Å². The predicted molar refractivity (Wildman–Crippen MR) is 36.3 cm³/mol. The molecule has 0 amide bonds. The fourth-order valence-electron chi connectivity index (χ4n) is 0. The van der Waals surface area contributed by atoms with Gasteiger partial charge in [0.25, 0.3) is 0 Å². The van der Waals surface area contributed by atoms with Crippen molar-refractivity contribution in [2.45, 2.75) is 0 Å². The molecule has 0 bridgehead atoms. The minimum Gasteiger partial charge on any atom is -0.195 e. The van der Waals surface area contributed by atoms with E-state index >= 15 is 0 Å². The zero-order valence-electron chi connectivity index (χ0n) is 5.10. The second-order valence-corrected chi connectivity index (χ2v) is 0.988. The fraction of sp³-hybridized carbons (Fsp3) is 0. The zero-order chi connectivity index (χ0) is 7.70. The average molecular weight is 125 g/mol. The van der Waals surface area contributed by atoms with Crippen molar-refractivity contribution in [1.82, 2.24) is 0 Å². The lowest BCUT2D eigenvalue weighted by atomic mass is 10.6. The number of nitrogens with zero attached hydrogens (tertiary/aromatic N) is 1. The molecule has 48 valence electrons. The molecule has 0 heterocycles. The van der Waals surface area contributed by atoms with Crippen LogP contribution in [0.25, 0.3) is 0 Å². The van der Waals surface area contributed by atoms with Gasteiger partial charge in [0.1, 0.15) is 6.07 Å². The van der Waals surface area contributed by atoms with Crippen molar-refractivity contribution in [2.24, 2.45) is 0 Å². The number of hydrogen-bond acceptors (Lipinski definition) is 1. The van der Waals surface area contributed by atoms with Crippen molar-refractivity contribution in [1.29, 1.82) is 5.26 Å². The maximum atomic E-state index is 10.9. The summed E-state index contributed by atoms with van der Waals surface area (Å²) in [4.78, 5) is 0. The van der Waals surface area contributed by atoms with Crippen molar-refractivity contribution in [3.8, 4) is 6.07 Å². The van der Waals surface area contributed by atoms with E-state index in [-0.39, 0.29) is 0 Å². The average Bonchev–Trinajstić information content (AvgIpc) is 1.89. The lowest BCUT2D eigenvalue weighted by Gasteiger charge is -1.56. The number of halogens is 1. The second-order valence-electron chi connectivity index (χ2n) is 0.988. The van der Waals surface area contributed by atoms with Gasteiger partial charge in [-0.15, -0.1) is 0 Å². The number of hydrogen-bond donors (Lipinski definition) is 0. The van der Waals surface area contributed by atoms with Crippen LogP contribution in [0.1, 0.15) is 0 Å². The van der Waals surface area contributed by atoms with E-state index in [0.717, 1.165) is 0 Å². The summed E-state index contributed by atoms with van der Waals surface area (Å²) in [6.45, 7) is 9.37. The molecule has 0 saturated carbocycles. The minimum absolute atomic E-state index is 0.940. The molecule has 1 nitrogen and oxygen atoms in total. The molecule has 0 aliphatic rings. The standard InChI is InChI=1S/C4H6.C3H2FN/c1-3-4-2;1-3(4)2-5/h3-4H,1-2H2;1H2. The smallest absolute Gasteiger partial charge is 0.192 e. The van der Waals surface area contributed by atoms with Crippen LogP contribution in [0.3, 0.4) is 0 Å². The van der Waals surface area contributed by atoms with E-state index in [1.807, 2.05) is 0 Å². The SMILES string of the molecule is C=C(F)C#N.C=CC=C. The van der Waals surface area contributed by atoms with Gasteiger partial charge in [0.15, 0.2) is 5.83 Å². The molecule has 0 N–H and O–H groups in total. The van der Waals surface area contributed by atoms with Gasteiger partial charge in [-0.1, -0.05) is 31.9 Å². The highest BCUT2D eigenvalue weighted by Gasteiger charge is 1.71. The van der Waals surface area contributed by atoms with Gasteiger partial charge in [-0.05, 0) is 0 Å². The van der Waals surface area contributed by atoms with Gasteiger partial charge in [0.2, 0.25) is 0 Å². The number of nitriles is 1. The summed E-state index contributed by atoms with van der Waals surface area (Å²) < 4.78 is 10.9. The van der Waals surface area contributed by atoms with E-state index in [1.165, 1.54) is 6.07 Å². The van der Waals surface area contributed by atoms with Crippen LogP contribution in [0.5, 0.6) is 0 Å². The Hall–Kier alpha value is -1.36. The van der Waals surface area contributed by atoms with Gasteiger partial charge in [0.05, 0.1) is 0 Å². The third kappa shape index (κ3) is 53.2. The van der Waals surface area contributed by atoms with E-state index < -0.39 is 5.83 Å². The van der Waals surface area contributed by atoms with Crippen LogP contribution in [0.2, 0.25) is 0 Å². The Balaban J connectivity index is 0. The molecule has 0 unspecified atom stereocenters. The normalized spacial score (nSPS) is 5.33. The first-order valence-electron chi connectivity index (χ1n) is 2.17. The van der Waals surface area contributed by atoms with Gasteiger partial charge in [-0.3, -0.25) is 0 Å². The molecule has 0 rings (SSSR count). The highest BCUT2D eigenvalue weighted by Crippen LogP contribution is 1.80. The summed E-state index contributed by atoms with van der Waals surface area (Å²) >= 11 is 0. The molecule has 0 spiro atoms. The molecule has 0 radical (unpaired) electrons. The van der Waals surface area contributed by atoms with E-state index in [2.05, 4.69) is 19.7 Å². The first-order valence-corrected chi connectivity index (χ1v) is 2.17. The van der Waals surface area contributed by atoms with Crippen molar-refractivity contribution in [3.63, 3.8) is 0 Å². The highest BCUT2D eigenvalue weighted by atomic mass is 19.1. The van der Waals surface area contributed by atoms with E-state index in [1.54, 1.807) is 12.2 Å². The first-order chi connectivity index (χ1) is 4.18. The van der Waals surface area contributed by atoms with Crippen molar-refractivity contribution in [3.05, 3.63) is 37.7 Å². The fourth-order valence-corrected chi connectivity index (χ4v) is 0. The van der Waals surface area contributed by atoms with Gasteiger partial charge < -0.3 is 0 Å². The third-order valence-electron chi connectivity index (χ3n) is 0.288. The van der Waals surface area contributed by atoms with Crippen LogP contribution < -0.4 is 0 Å². The molecule has 0 fully saturated rings. The topological polar surface area (TPSA) is 23.8 Å². The molecular weight excluding hydrogens is 117 g/mol. The Labute approximate surface area is 54.4 Å². The summed E-state index contributed by atoms with van der Waals surface area (Å²) in [5.74, 6) is -0.940. The molecule has 9 heavy (non-hydrogen) atoms. The van der Waals surface area contributed by atoms with Crippen LogP contribution >= 0.6 is 0 Å². The maximum absolute atomic E-state index is 10.9.